The topological polar surface area (TPSA) is 166 Å². The molecule has 31 heavy (non-hydrogen) atoms. The summed E-state index contributed by atoms with van der Waals surface area (Å²) >= 11 is 0. The van der Waals surface area contributed by atoms with Crippen LogP contribution in [-0.4, -0.2) is 49.0 Å². The molecule has 4 aromatic rings. The summed E-state index contributed by atoms with van der Waals surface area (Å²) in [5.41, 5.74) is 12.5. The van der Waals surface area contributed by atoms with Gasteiger partial charge in [-0.05, 0) is 47.2 Å². The predicted molar refractivity (Wildman–Crippen MR) is 118 cm³/mol. The molecule has 4 aromatic carbocycles. The van der Waals surface area contributed by atoms with Crippen molar-refractivity contribution in [3.63, 3.8) is 0 Å². The third-order valence-electron chi connectivity index (χ3n) is 4.35. The molecule has 0 radical (unpaired) electrons. The maximum atomic E-state index is 10.8. The molecule has 0 unspecified atom stereocenters. The molecule has 0 saturated heterocycles. The zero-order valence-corrected chi connectivity index (χ0v) is 19.1. The largest absolute Gasteiger partial charge is 2.00 e. The molecule has 0 bridgehead atoms. The van der Waals surface area contributed by atoms with Gasteiger partial charge in [-0.1, -0.05) is 36.4 Å². The molecule has 0 heterocycles. The van der Waals surface area contributed by atoms with Crippen LogP contribution in [0.1, 0.15) is 0 Å². The van der Waals surface area contributed by atoms with Gasteiger partial charge in [0.25, 0.3) is 0 Å². The van der Waals surface area contributed by atoms with Crippen LogP contribution in [0.25, 0.3) is 21.5 Å². The molecule has 4 rings (SSSR count). The third-order valence-corrected chi connectivity index (χ3v) is 6.01. The molecule has 0 aliphatic carbocycles. The van der Waals surface area contributed by atoms with Gasteiger partial charge >= 0.3 is 23.1 Å². The Balaban J connectivity index is 0.000000213. The van der Waals surface area contributed by atoms with Gasteiger partial charge in [0, 0.05) is 22.1 Å². The maximum absolute atomic E-state index is 10.8. The molecule has 11 heteroatoms. The van der Waals surface area contributed by atoms with Crippen molar-refractivity contribution in [2.75, 3.05) is 11.5 Å². The summed E-state index contributed by atoms with van der Waals surface area (Å²) in [6.45, 7) is 0. The summed E-state index contributed by atoms with van der Waals surface area (Å²) in [6.07, 6.45) is 0. The number of rotatable bonds is 2. The number of hydrogen-bond donors (Lipinski definition) is 2. The number of nitrogens with two attached hydrogens (primary N) is 2. The monoisotopic (exact) mass is 468 g/mol. The number of nitrogen functional groups attached to an aromatic ring is 2. The molecular weight excluding hydrogens is 453 g/mol. The molecule has 0 amide bonds. The van der Waals surface area contributed by atoms with Crippen LogP contribution in [0.15, 0.2) is 82.6 Å². The summed E-state index contributed by atoms with van der Waals surface area (Å²) in [4.78, 5) is -0.471. The molecule has 0 aromatic heterocycles. The van der Waals surface area contributed by atoms with Crippen LogP contribution in [0.4, 0.5) is 11.4 Å². The van der Waals surface area contributed by atoms with Crippen molar-refractivity contribution < 1.29 is 25.9 Å². The van der Waals surface area contributed by atoms with Gasteiger partial charge in [-0.15, -0.1) is 0 Å². The summed E-state index contributed by atoms with van der Waals surface area (Å²) in [5.74, 6) is 0. The Morgan fingerprint density at radius 3 is 1.26 bits per heavy atom. The normalized spacial score (nSPS) is 11.4. The quantitative estimate of drug-likeness (QED) is 0.256. The predicted octanol–water partition coefficient (Wildman–Crippen LogP) is 2.27. The van der Waals surface area contributed by atoms with E-state index in [0.717, 1.165) is 10.8 Å². The Labute approximate surface area is 195 Å². The molecule has 8 nitrogen and oxygen atoms in total. The van der Waals surface area contributed by atoms with E-state index < -0.39 is 20.2 Å². The SMILES string of the molecule is Nc1cccc2cc(S(=O)(=O)[O-])ccc12.Nc1cccc2cc(S(=O)(=O)[O-])ccc12.[Mg+2]. The first-order valence-corrected chi connectivity index (χ1v) is 11.3. The minimum absolute atomic E-state index is 0. The van der Waals surface area contributed by atoms with Gasteiger partial charge in [-0.2, -0.15) is 0 Å². The molecular formula is C20H16MgN2O6S2. The second-order valence-electron chi connectivity index (χ2n) is 6.37. The molecule has 0 spiro atoms. The molecule has 0 fully saturated rings. The summed E-state index contributed by atoms with van der Waals surface area (Å²) in [7, 11) is -8.80. The average molecular weight is 469 g/mol. The van der Waals surface area contributed by atoms with Gasteiger partial charge in [0.2, 0.25) is 0 Å². The molecule has 0 aliphatic heterocycles. The summed E-state index contributed by atoms with van der Waals surface area (Å²) in [6, 6.07) is 18.5. The first-order chi connectivity index (χ1) is 14.0. The van der Waals surface area contributed by atoms with Crippen molar-refractivity contribution in [1.82, 2.24) is 0 Å². The fraction of sp³-hybridized carbons (Fsp3) is 0. The van der Waals surface area contributed by atoms with Crippen molar-refractivity contribution in [3.8, 4) is 0 Å². The van der Waals surface area contributed by atoms with Gasteiger partial charge in [0.05, 0.1) is 9.79 Å². The van der Waals surface area contributed by atoms with Crippen LogP contribution in [-0.2, 0) is 20.2 Å². The molecule has 4 N–H and O–H groups in total. The molecule has 0 atom stereocenters. The van der Waals surface area contributed by atoms with Crippen LogP contribution < -0.4 is 11.5 Å². The van der Waals surface area contributed by atoms with Crippen molar-refractivity contribution >= 4 is 76.2 Å². The van der Waals surface area contributed by atoms with Crippen molar-refractivity contribution in [3.05, 3.63) is 72.8 Å². The molecule has 156 valence electrons. The van der Waals surface area contributed by atoms with Crippen molar-refractivity contribution in [2.24, 2.45) is 0 Å². The third kappa shape index (κ3) is 5.84. The Morgan fingerprint density at radius 1 is 0.581 bits per heavy atom. The van der Waals surface area contributed by atoms with E-state index >= 15 is 0 Å². The van der Waals surface area contributed by atoms with Crippen molar-refractivity contribution in [1.29, 1.82) is 0 Å². The van der Waals surface area contributed by atoms with Gasteiger partial charge in [-0.25, -0.2) is 16.8 Å². The first kappa shape index (κ1) is 24.9. The van der Waals surface area contributed by atoms with Gasteiger partial charge in [0.15, 0.2) is 0 Å². The van der Waals surface area contributed by atoms with E-state index in [1.807, 2.05) is 0 Å². The van der Waals surface area contributed by atoms with Gasteiger partial charge in [0.1, 0.15) is 20.2 Å². The standard InChI is InChI=1S/2C10H9NO3S.Mg/c2*11-10-3-1-2-7-6-8(15(12,13)14)4-5-9(7)10;/h2*1-6H,11H2,(H,12,13,14);/q;;+2/p-2. The van der Waals surface area contributed by atoms with Crippen LogP contribution in [0.2, 0.25) is 0 Å². The Bertz CT molecular complexity index is 1360. The second kappa shape index (κ2) is 9.38. The van der Waals surface area contributed by atoms with E-state index in [2.05, 4.69) is 0 Å². The number of hydrogen-bond acceptors (Lipinski definition) is 8. The molecule has 0 saturated carbocycles. The van der Waals surface area contributed by atoms with Crippen LogP contribution >= 0.6 is 0 Å². The fourth-order valence-corrected chi connectivity index (χ4v) is 3.90. The fourth-order valence-electron chi connectivity index (χ4n) is 2.88. The minimum Gasteiger partial charge on any atom is -0.744 e. The van der Waals surface area contributed by atoms with Crippen LogP contribution in [0.5, 0.6) is 0 Å². The zero-order chi connectivity index (χ0) is 22.1. The van der Waals surface area contributed by atoms with E-state index in [4.69, 9.17) is 11.5 Å². The zero-order valence-electron chi connectivity index (χ0n) is 16.1. The number of fused-ring (bicyclic) bond motifs is 2. The van der Waals surface area contributed by atoms with E-state index in [-0.39, 0.29) is 32.8 Å². The average Bonchev–Trinajstić information content (AvgIpc) is 2.67. The smallest absolute Gasteiger partial charge is 0.744 e. The Kier molecular flexibility index (Phi) is 7.52. The Hall–Kier alpha value is -2.41. The van der Waals surface area contributed by atoms with E-state index in [1.165, 1.54) is 36.4 Å². The van der Waals surface area contributed by atoms with Crippen LogP contribution in [0, 0.1) is 0 Å². The molecule has 0 aliphatic rings. The van der Waals surface area contributed by atoms with Gasteiger partial charge < -0.3 is 20.6 Å². The second-order valence-corrected chi connectivity index (χ2v) is 9.13. The van der Waals surface area contributed by atoms with Gasteiger partial charge in [-0.3, -0.25) is 0 Å². The van der Waals surface area contributed by atoms with Crippen LogP contribution in [0.3, 0.4) is 0 Å². The van der Waals surface area contributed by atoms with Crippen molar-refractivity contribution in [2.45, 2.75) is 9.79 Å². The Morgan fingerprint density at radius 2 is 0.935 bits per heavy atom. The number of anilines is 2. The number of benzene rings is 4. The van der Waals surface area contributed by atoms with E-state index in [1.54, 1.807) is 36.4 Å². The minimum atomic E-state index is -4.40. The first-order valence-electron chi connectivity index (χ1n) is 8.45. The van der Waals surface area contributed by atoms with E-state index in [0.29, 0.717) is 22.1 Å². The summed E-state index contributed by atoms with van der Waals surface area (Å²) in [5, 5.41) is 2.77. The van der Waals surface area contributed by atoms with E-state index in [9.17, 15) is 25.9 Å². The maximum Gasteiger partial charge on any atom is 2.00 e. The summed E-state index contributed by atoms with van der Waals surface area (Å²) < 4.78 is 64.6.